The summed E-state index contributed by atoms with van der Waals surface area (Å²) in [5, 5.41) is 10.3. The topological polar surface area (TPSA) is 60.4 Å². The molecule has 26 heavy (non-hydrogen) atoms. The molecule has 1 aromatic carbocycles. The molecule has 1 aliphatic rings. The summed E-state index contributed by atoms with van der Waals surface area (Å²) in [7, 11) is 4.76. The fourth-order valence-electron chi connectivity index (χ4n) is 3.82. The van der Waals surface area contributed by atoms with Crippen LogP contribution in [-0.4, -0.2) is 63.7 Å². The number of methoxy groups -OCH3 is 3. The molecule has 1 N–H and O–H groups in total. The molecule has 0 aliphatic carbocycles. The molecule has 0 radical (unpaired) electrons. The molecule has 0 amide bonds. The average Bonchev–Trinajstić information content (AvgIpc) is 2.59. The van der Waals surface area contributed by atoms with Crippen LogP contribution in [0, 0.1) is 11.8 Å². The van der Waals surface area contributed by atoms with Gasteiger partial charge in [-0.3, -0.25) is 0 Å². The van der Waals surface area contributed by atoms with Gasteiger partial charge in [-0.05, 0) is 36.0 Å². The third kappa shape index (κ3) is 5.76. The number of hydrogen-bond acceptors (Lipinski definition) is 6. The highest BCUT2D eigenvalue weighted by Gasteiger charge is 2.23. The number of likely N-dealkylation sites (tertiary alicyclic amines) is 1. The second-order valence-electron chi connectivity index (χ2n) is 7.37. The van der Waals surface area contributed by atoms with Crippen LogP contribution in [0.1, 0.15) is 25.8 Å². The fraction of sp³-hybridized carbons (Fsp3) is 0.700. The summed E-state index contributed by atoms with van der Waals surface area (Å²) in [6.07, 6.45) is 0.777. The highest BCUT2D eigenvalue weighted by molar-refractivity contribution is 5.53. The molecule has 0 spiro atoms. The van der Waals surface area contributed by atoms with E-state index in [-0.39, 0.29) is 0 Å². The smallest absolute Gasteiger partial charge is 0.203 e. The zero-order chi connectivity index (χ0) is 19.1. The van der Waals surface area contributed by atoms with Crippen LogP contribution in [0.25, 0.3) is 0 Å². The van der Waals surface area contributed by atoms with E-state index in [1.54, 1.807) is 21.3 Å². The van der Waals surface area contributed by atoms with Crippen molar-refractivity contribution in [2.45, 2.75) is 33.0 Å². The summed E-state index contributed by atoms with van der Waals surface area (Å²) in [6.45, 7) is 7.98. The minimum absolute atomic E-state index is 0.302. The molecule has 2 rings (SSSR count). The van der Waals surface area contributed by atoms with Gasteiger partial charge in [-0.15, -0.1) is 0 Å². The van der Waals surface area contributed by atoms with Gasteiger partial charge in [0.1, 0.15) is 0 Å². The van der Waals surface area contributed by atoms with Crippen LogP contribution in [0.2, 0.25) is 0 Å². The minimum atomic E-state index is -0.491. The van der Waals surface area contributed by atoms with E-state index < -0.39 is 6.10 Å². The van der Waals surface area contributed by atoms with Crippen LogP contribution in [0.5, 0.6) is 17.2 Å². The van der Waals surface area contributed by atoms with Gasteiger partial charge in [-0.1, -0.05) is 13.8 Å². The third-order valence-electron chi connectivity index (χ3n) is 4.72. The number of hydrogen-bond donors (Lipinski definition) is 1. The van der Waals surface area contributed by atoms with Crippen LogP contribution in [0.15, 0.2) is 12.1 Å². The number of aliphatic hydroxyl groups excluding tert-OH is 1. The van der Waals surface area contributed by atoms with E-state index in [0.29, 0.717) is 48.8 Å². The second-order valence-corrected chi connectivity index (χ2v) is 7.37. The lowest BCUT2D eigenvalue weighted by Gasteiger charge is -2.35. The van der Waals surface area contributed by atoms with E-state index in [2.05, 4.69) is 18.7 Å². The normalized spacial score (nSPS) is 22.1. The van der Waals surface area contributed by atoms with Crippen molar-refractivity contribution in [1.29, 1.82) is 0 Å². The Balaban J connectivity index is 1.85. The fourth-order valence-corrected chi connectivity index (χ4v) is 3.82. The van der Waals surface area contributed by atoms with Crippen LogP contribution < -0.4 is 14.2 Å². The first-order chi connectivity index (χ1) is 12.5. The summed E-state index contributed by atoms with van der Waals surface area (Å²) in [6, 6.07) is 3.73. The van der Waals surface area contributed by atoms with Crippen LogP contribution in [0.3, 0.4) is 0 Å². The molecule has 0 bridgehead atoms. The second kappa shape index (κ2) is 10.00. The molecule has 0 saturated carbocycles. The number of nitrogens with zero attached hydrogens (tertiary/aromatic N) is 1. The predicted molar refractivity (Wildman–Crippen MR) is 101 cm³/mol. The van der Waals surface area contributed by atoms with Crippen molar-refractivity contribution in [1.82, 2.24) is 4.90 Å². The maximum atomic E-state index is 10.3. The Morgan fingerprint density at radius 2 is 1.62 bits per heavy atom. The SMILES string of the molecule is COc1cc(COC[C@@H](O)CN2C[C@@H](C)C[C@H](C)C2)cc(OC)c1OC. The molecule has 6 heteroatoms. The van der Waals surface area contributed by atoms with Crippen LogP contribution in [-0.2, 0) is 11.3 Å². The Hall–Kier alpha value is -1.50. The van der Waals surface area contributed by atoms with Gasteiger partial charge in [0.25, 0.3) is 0 Å². The molecule has 1 heterocycles. The Morgan fingerprint density at radius 3 is 2.12 bits per heavy atom. The largest absolute Gasteiger partial charge is 0.493 e. The molecule has 1 fully saturated rings. The minimum Gasteiger partial charge on any atom is -0.493 e. The summed E-state index contributed by atoms with van der Waals surface area (Å²) in [5.41, 5.74) is 0.909. The molecule has 0 aromatic heterocycles. The number of benzene rings is 1. The number of piperidine rings is 1. The van der Waals surface area contributed by atoms with Crippen molar-refractivity contribution >= 4 is 0 Å². The van der Waals surface area contributed by atoms with Gasteiger partial charge >= 0.3 is 0 Å². The molecule has 1 aliphatic heterocycles. The number of β-amino-alcohol motifs (C(OH)–C–C–N with tert-alkyl or cyclic N) is 1. The van der Waals surface area contributed by atoms with Gasteiger partial charge in [0.2, 0.25) is 5.75 Å². The number of ether oxygens (including phenoxy) is 4. The predicted octanol–water partition coefficient (Wildman–Crippen LogP) is 2.57. The van der Waals surface area contributed by atoms with Crippen molar-refractivity contribution in [3.05, 3.63) is 17.7 Å². The lowest BCUT2D eigenvalue weighted by Crippen LogP contribution is -2.43. The first-order valence-electron chi connectivity index (χ1n) is 9.23. The lowest BCUT2D eigenvalue weighted by molar-refractivity contribution is -0.000961. The van der Waals surface area contributed by atoms with E-state index >= 15 is 0 Å². The summed E-state index contributed by atoms with van der Waals surface area (Å²) >= 11 is 0. The first kappa shape index (κ1) is 20.8. The van der Waals surface area contributed by atoms with E-state index in [9.17, 15) is 5.11 Å². The summed E-state index contributed by atoms with van der Waals surface area (Å²) < 4.78 is 21.7. The molecule has 3 atom stereocenters. The first-order valence-corrected chi connectivity index (χ1v) is 9.23. The van der Waals surface area contributed by atoms with Gasteiger partial charge in [0, 0.05) is 19.6 Å². The van der Waals surface area contributed by atoms with Crippen LogP contribution in [0.4, 0.5) is 0 Å². The Kier molecular flexibility index (Phi) is 8.00. The van der Waals surface area contributed by atoms with Crippen LogP contribution >= 0.6 is 0 Å². The lowest BCUT2D eigenvalue weighted by atomic mass is 9.92. The molecule has 6 nitrogen and oxygen atoms in total. The zero-order valence-corrected chi connectivity index (χ0v) is 16.7. The van der Waals surface area contributed by atoms with Gasteiger partial charge < -0.3 is 29.0 Å². The van der Waals surface area contributed by atoms with Gasteiger partial charge in [0.05, 0.1) is 40.6 Å². The maximum Gasteiger partial charge on any atom is 0.203 e. The Bertz CT molecular complexity index is 530. The highest BCUT2D eigenvalue weighted by Crippen LogP contribution is 2.38. The quantitative estimate of drug-likeness (QED) is 0.724. The molecule has 148 valence electrons. The number of rotatable bonds is 9. The van der Waals surface area contributed by atoms with Gasteiger partial charge in [-0.25, -0.2) is 0 Å². The van der Waals surface area contributed by atoms with Crippen molar-refractivity contribution < 1.29 is 24.1 Å². The molecule has 1 aromatic rings. The highest BCUT2D eigenvalue weighted by atomic mass is 16.5. The Labute approximate surface area is 157 Å². The molecule has 1 saturated heterocycles. The monoisotopic (exact) mass is 367 g/mol. The standard InChI is InChI=1S/C20H33NO5/c1-14-6-15(2)10-21(9-14)11-17(22)13-26-12-16-7-18(23-3)20(25-5)19(8-16)24-4/h7-8,14-15,17,22H,6,9-13H2,1-5H3/t14-,15-,17-/m0/s1. The van der Waals surface area contributed by atoms with E-state index in [1.807, 2.05) is 12.1 Å². The third-order valence-corrected chi connectivity index (χ3v) is 4.72. The van der Waals surface area contributed by atoms with E-state index in [1.165, 1.54) is 6.42 Å². The molecular weight excluding hydrogens is 334 g/mol. The molecular formula is C20H33NO5. The molecule has 0 unspecified atom stereocenters. The van der Waals surface area contributed by atoms with Crippen molar-refractivity contribution in [3.8, 4) is 17.2 Å². The van der Waals surface area contributed by atoms with Gasteiger partial charge in [-0.2, -0.15) is 0 Å². The van der Waals surface area contributed by atoms with Gasteiger partial charge in [0.15, 0.2) is 11.5 Å². The maximum absolute atomic E-state index is 10.3. The van der Waals surface area contributed by atoms with E-state index in [0.717, 1.165) is 18.7 Å². The summed E-state index contributed by atoms with van der Waals surface area (Å²) in [5.74, 6) is 3.13. The number of aliphatic hydroxyl groups is 1. The van der Waals surface area contributed by atoms with Crippen molar-refractivity contribution in [2.24, 2.45) is 11.8 Å². The summed E-state index contributed by atoms with van der Waals surface area (Å²) in [4.78, 5) is 2.34. The average molecular weight is 367 g/mol. The Morgan fingerprint density at radius 1 is 1.04 bits per heavy atom. The van der Waals surface area contributed by atoms with Crippen molar-refractivity contribution in [3.63, 3.8) is 0 Å². The van der Waals surface area contributed by atoms with E-state index in [4.69, 9.17) is 18.9 Å². The zero-order valence-electron chi connectivity index (χ0n) is 16.7. The van der Waals surface area contributed by atoms with Crippen molar-refractivity contribution in [2.75, 3.05) is 47.6 Å².